The quantitative estimate of drug-likeness (QED) is 0.626. The van der Waals surface area contributed by atoms with E-state index in [1.165, 1.54) is 10.1 Å². The van der Waals surface area contributed by atoms with Gasteiger partial charge in [0.25, 0.3) is 5.56 Å². The van der Waals surface area contributed by atoms with Gasteiger partial charge < -0.3 is 5.32 Å². The van der Waals surface area contributed by atoms with Crippen molar-refractivity contribution in [3.05, 3.63) is 80.5 Å². The molecule has 6 heteroatoms. The smallest absolute Gasteiger partial charge is 0.328 e. The van der Waals surface area contributed by atoms with Gasteiger partial charge >= 0.3 is 5.69 Å². The van der Waals surface area contributed by atoms with Crippen LogP contribution in [0.4, 0.5) is 0 Å². The Hall–Kier alpha value is -3.15. The molecule has 0 saturated heterocycles. The third-order valence-corrected chi connectivity index (χ3v) is 5.41. The molecule has 0 aliphatic rings. The zero-order valence-corrected chi connectivity index (χ0v) is 17.9. The number of nitrogens with zero attached hydrogens (tertiary/aromatic N) is 1. The van der Waals surface area contributed by atoms with Crippen LogP contribution < -0.4 is 16.6 Å². The summed E-state index contributed by atoms with van der Waals surface area (Å²) in [6.07, 6.45) is 0.142. The lowest BCUT2D eigenvalue weighted by Crippen LogP contribution is -2.35. The number of benzene rings is 2. The van der Waals surface area contributed by atoms with Gasteiger partial charge in [0.2, 0.25) is 5.91 Å². The van der Waals surface area contributed by atoms with Crippen LogP contribution in [0.2, 0.25) is 0 Å². The summed E-state index contributed by atoms with van der Waals surface area (Å²) in [4.78, 5) is 39.3. The minimum absolute atomic E-state index is 0.109. The molecule has 0 aliphatic carbocycles. The van der Waals surface area contributed by atoms with Crippen molar-refractivity contribution in [1.29, 1.82) is 0 Å². The first-order valence-corrected chi connectivity index (χ1v) is 10.4. The van der Waals surface area contributed by atoms with Gasteiger partial charge in [-0.15, -0.1) is 0 Å². The molecule has 3 rings (SSSR count). The molecule has 1 amide bonds. The second-order valence-electron chi connectivity index (χ2n) is 8.29. The summed E-state index contributed by atoms with van der Waals surface area (Å²) in [5, 5.41) is 3.54. The minimum atomic E-state index is -0.504. The SMILES string of the molecule is CC(C)c1ccc(C(NC(=O)CCn2c(=O)[nH]c(=O)c3ccccc32)C(C)C)cc1. The van der Waals surface area contributed by atoms with Gasteiger partial charge in [0.15, 0.2) is 0 Å². The maximum Gasteiger partial charge on any atom is 0.328 e. The summed E-state index contributed by atoms with van der Waals surface area (Å²) in [6.45, 7) is 8.64. The number of amides is 1. The Kier molecular flexibility index (Phi) is 6.55. The topological polar surface area (TPSA) is 84.0 Å². The van der Waals surface area contributed by atoms with E-state index in [4.69, 9.17) is 0 Å². The molecule has 6 nitrogen and oxygen atoms in total. The van der Waals surface area contributed by atoms with Crippen molar-refractivity contribution in [3.63, 3.8) is 0 Å². The molecule has 1 heterocycles. The number of para-hydroxylation sites is 1. The highest BCUT2D eigenvalue weighted by Gasteiger charge is 2.19. The Labute approximate surface area is 176 Å². The van der Waals surface area contributed by atoms with Gasteiger partial charge in [-0.05, 0) is 35.1 Å². The normalized spacial score (nSPS) is 12.5. The van der Waals surface area contributed by atoms with E-state index < -0.39 is 11.2 Å². The molecule has 0 saturated carbocycles. The van der Waals surface area contributed by atoms with Crippen LogP contribution in [0.15, 0.2) is 58.1 Å². The van der Waals surface area contributed by atoms with Crippen molar-refractivity contribution in [2.24, 2.45) is 5.92 Å². The molecule has 2 aromatic carbocycles. The molecular formula is C24H29N3O3. The van der Waals surface area contributed by atoms with Crippen LogP contribution in [0, 0.1) is 5.92 Å². The van der Waals surface area contributed by atoms with E-state index in [0.717, 1.165) is 5.56 Å². The predicted octanol–water partition coefficient (Wildman–Crippen LogP) is 3.72. The molecule has 0 spiro atoms. The van der Waals surface area contributed by atoms with Gasteiger partial charge in [-0.25, -0.2) is 4.79 Å². The Bertz CT molecular complexity index is 1140. The highest BCUT2D eigenvalue weighted by atomic mass is 16.2. The van der Waals surface area contributed by atoms with Crippen LogP contribution in [0.5, 0.6) is 0 Å². The average molecular weight is 408 g/mol. The second-order valence-corrected chi connectivity index (χ2v) is 8.29. The Morgan fingerprint density at radius 2 is 1.60 bits per heavy atom. The van der Waals surface area contributed by atoms with Crippen LogP contribution in [0.3, 0.4) is 0 Å². The second kappa shape index (κ2) is 9.11. The molecule has 1 atom stereocenters. The number of hydrogen-bond acceptors (Lipinski definition) is 3. The van der Waals surface area contributed by atoms with Gasteiger partial charge in [0, 0.05) is 13.0 Å². The number of aromatic nitrogens is 2. The molecule has 3 aromatic rings. The number of nitrogens with one attached hydrogen (secondary N) is 2. The fraction of sp³-hybridized carbons (Fsp3) is 0.375. The van der Waals surface area contributed by atoms with E-state index in [-0.39, 0.29) is 30.8 Å². The molecule has 1 aromatic heterocycles. The largest absolute Gasteiger partial charge is 0.349 e. The van der Waals surface area contributed by atoms with Crippen molar-refractivity contribution >= 4 is 16.8 Å². The third kappa shape index (κ3) is 4.70. The fourth-order valence-corrected chi connectivity index (χ4v) is 3.65. The fourth-order valence-electron chi connectivity index (χ4n) is 3.65. The van der Waals surface area contributed by atoms with Crippen molar-refractivity contribution in [3.8, 4) is 0 Å². The number of hydrogen-bond donors (Lipinski definition) is 2. The molecule has 0 fully saturated rings. The van der Waals surface area contributed by atoms with E-state index in [1.54, 1.807) is 24.3 Å². The van der Waals surface area contributed by atoms with Crippen LogP contribution in [0.1, 0.15) is 57.2 Å². The Morgan fingerprint density at radius 1 is 0.967 bits per heavy atom. The van der Waals surface area contributed by atoms with Crippen molar-refractivity contribution in [1.82, 2.24) is 14.9 Å². The molecule has 0 bridgehead atoms. The van der Waals surface area contributed by atoms with Crippen LogP contribution in [0.25, 0.3) is 10.9 Å². The van der Waals surface area contributed by atoms with Crippen molar-refractivity contribution < 1.29 is 4.79 Å². The molecule has 30 heavy (non-hydrogen) atoms. The van der Waals surface area contributed by atoms with E-state index >= 15 is 0 Å². The zero-order chi connectivity index (χ0) is 21.8. The minimum Gasteiger partial charge on any atom is -0.349 e. The van der Waals surface area contributed by atoms with Gasteiger partial charge in [0.05, 0.1) is 16.9 Å². The molecule has 1 unspecified atom stereocenters. The summed E-state index contributed by atoms with van der Waals surface area (Å²) in [6, 6.07) is 15.1. The zero-order valence-electron chi connectivity index (χ0n) is 17.9. The summed E-state index contributed by atoms with van der Waals surface area (Å²) >= 11 is 0. The first-order chi connectivity index (χ1) is 14.3. The van der Waals surface area contributed by atoms with Crippen LogP contribution in [-0.2, 0) is 11.3 Å². The maximum absolute atomic E-state index is 12.7. The van der Waals surface area contributed by atoms with Crippen LogP contribution >= 0.6 is 0 Å². The van der Waals surface area contributed by atoms with Crippen molar-refractivity contribution in [2.75, 3.05) is 0 Å². The Balaban J connectivity index is 1.75. The van der Waals surface area contributed by atoms with Gasteiger partial charge in [-0.2, -0.15) is 0 Å². The van der Waals surface area contributed by atoms with Gasteiger partial charge in [-0.1, -0.05) is 64.1 Å². The summed E-state index contributed by atoms with van der Waals surface area (Å²) < 4.78 is 1.44. The van der Waals surface area contributed by atoms with Gasteiger partial charge in [-0.3, -0.25) is 19.1 Å². The molecule has 2 N–H and O–H groups in total. The number of H-pyrrole nitrogens is 1. The number of aryl methyl sites for hydroxylation is 1. The first kappa shape index (κ1) is 21.6. The summed E-state index contributed by atoms with van der Waals surface area (Å²) in [5.41, 5.74) is 1.94. The van der Waals surface area contributed by atoms with E-state index in [0.29, 0.717) is 16.8 Å². The van der Waals surface area contributed by atoms with Gasteiger partial charge in [0.1, 0.15) is 0 Å². The highest BCUT2D eigenvalue weighted by Crippen LogP contribution is 2.24. The summed E-state index contributed by atoms with van der Waals surface area (Å²) in [7, 11) is 0. The number of carbonyl (C=O) groups excluding carboxylic acids is 1. The number of aromatic amines is 1. The first-order valence-electron chi connectivity index (χ1n) is 10.4. The maximum atomic E-state index is 12.7. The molecular weight excluding hydrogens is 378 g/mol. The van der Waals surface area contributed by atoms with E-state index in [1.807, 2.05) is 0 Å². The summed E-state index contributed by atoms with van der Waals surface area (Å²) in [5.74, 6) is 0.538. The monoisotopic (exact) mass is 407 g/mol. The average Bonchev–Trinajstić information content (AvgIpc) is 2.71. The lowest BCUT2D eigenvalue weighted by Gasteiger charge is -2.23. The molecule has 0 radical (unpaired) electrons. The predicted molar refractivity (Wildman–Crippen MR) is 120 cm³/mol. The molecule has 0 aliphatic heterocycles. The highest BCUT2D eigenvalue weighted by molar-refractivity contribution is 5.79. The van der Waals surface area contributed by atoms with E-state index in [9.17, 15) is 14.4 Å². The van der Waals surface area contributed by atoms with E-state index in [2.05, 4.69) is 62.3 Å². The van der Waals surface area contributed by atoms with Crippen LogP contribution in [-0.4, -0.2) is 15.5 Å². The number of fused-ring (bicyclic) bond motifs is 1. The number of carbonyl (C=O) groups is 1. The van der Waals surface area contributed by atoms with Crippen molar-refractivity contribution in [2.45, 2.75) is 52.6 Å². The third-order valence-electron chi connectivity index (χ3n) is 5.41. The number of rotatable bonds is 7. The Morgan fingerprint density at radius 3 is 2.23 bits per heavy atom. The molecule has 158 valence electrons. The lowest BCUT2D eigenvalue weighted by molar-refractivity contribution is -0.122. The lowest BCUT2D eigenvalue weighted by atomic mass is 9.93. The standard InChI is InChI=1S/C24H29N3O3/c1-15(2)17-9-11-18(12-10-17)22(16(3)4)25-21(28)13-14-27-20-8-6-5-7-19(20)23(29)26-24(27)30/h5-12,15-16,22H,13-14H2,1-4H3,(H,25,28)(H,26,29,30).